The largest absolute Gasteiger partial charge is 0.493 e. The fourth-order valence-corrected chi connectivity index (χ4v) is 2.19. The van der Waals surface area contributed by atoms with Crippen LogP contribution in [0.1, 0.15) is 12.5 Å². The van der Waals surface area contributed by atoms with Crippen LogP contribution in [0.3, 0.4) is 0 Å². The lowest BCUT2D eigenvalue weighted by molar-refractivity contribution is 0.340. The molecule has 0 aliphatic heterocycles. The number of ether oxygens (including phenoxy) is 1. The SMILES string of the molecule is C=CCNC(=S)N/N=C\c1c(OCC)ccc2ccccc12. The summed E-state index contributed by atoms with van der Waals surface area (Å²) in [4.78, 5) is 0. The molecule has 2 rings (SSSR count). The van der Waals surface area contributed by atoms with E-state index in [0.717, 1.165) is 22.1 Å². The molecule has 4 nitrogen and oxygen atoms in total. The average Bonchev–Trinajstić information content (AvgIpc) is 2.54. The summed E-state index contributed by atoms with van der Waals surface area (Å²) in [5.41, 5.74) is 3.72. The molecule has 0 atom stereocenters. The number of thiocarbonyl (C=S) groups is 1. The van der Waals surface area contributed by atoms with Gasteiger partial charge >= 0.3 is 0 Å². The molecule has 0 radical (unpaired) electrons. The molecule has 0 fully saturated rings. The van der Waals surface area contributed by atoms with Crippen molar-refractivity contribution in [3.05, 3.63) is 54.6 Å². The second-order valence-corrected chi connectivity index (χ2v) is 4.91. The molecule has 2 N–H and O–H groups in total. The second kappa shape index (κ2) is 8.14. The summed E-state index contributed by atoms with van der Waals surface area (Å²) in [6.07, 6.45) is 3.46. The van der Waals surface area contributed by atoms with Crippen molar-refractivity contribution in [3.63, 3.8) is 0 Å². The fraction of sp³-hybridized carbons (Fsp3) is 0.176. The highest BCUT2D eigenvalue weighted by atomic mass is 32.1. The summed E-state index contributed by atoms with van der Waals surface area (Å²) in [6.45, 7) is 6.78. The lowest BCUT2D eigenvalue weighted by Gasteiger charge is -2.10. The van der Waals surface area contributed by atoms with Gasteiger partial charge in [0.1, 0.15) is 5.75 Å². The van der Waals surface area contributed by atoms with E-state index in [1.165, 1.54) is 0 Å². The van der Waals surface area contributed by atoms with Crippen molar-refractivity contribution in [3.8, 4) is 5.75 Å². The van der Waals surface area contributed by atoms with Crippen molar-refractivity contribution in [2.24, 2.45) is 5.10 Å². The van der Waals surface area contributed by atoms with E-state index in [-0.39, 0.29) is 0 Å². The third kappa shape index (κ3) is 4.05. The molecule has 2 aromatic carbocycles. The van der Waals surface area contributed by atoms with Gasteiger partial charge in [0, 0.05) is 12.1 Å². The van der Waals surface area contributed by atoms with E-state index in [9.17, 15) is 0 Å². The maximum atomic E-state index is 5.69. The Morgan fingerprint density at radius 1 is 1.32 bits per heavy atom. The molecule has 114 valence electrons. The Kier molecular flexibility index (Phi) is 5.91. The highest BCUT2D eigenvalue weighted by Crippen LogP contribution is 2.26. The monoisotopic (exact) mass is 313 g/mol. The molecular weight excluding hydrogens is 294 g/mol. The Hall–Kier alpha value is -2.40. The lowest BCUT2D eigenvalue weighted by Crippen LogP contribution is -2.31. The number of hydrogen-bond acceptors (Lipinski definition) is 3. The molecule has 0 aliphatic carbocycles. The van der Waals surface area contributed by atoms with Crippen LogP contribution in [0.5, 0.6) is 5.75 Å². The minimum atomic E-state index is 0.453. The first-order valence-electron chi connectivity index (χ1n) is 7.08. The summed E-state index contributed by atoms with van der Waals surface area (Å²) in [7, 11) is 0. The zero-order chi connectivity index (χ0) is 15.8. The summed E-state index contributed by atoms with van der Waals surface area (Å²) in [5, 5.41) is 9.83. The van der Waals surface area contributed by atoms with Crippen LogP contribution >= 0.6 is 12.2 Å². The first-order chi connectivity index (χ1) is 10.8. The van der Waals surface area contributed by atoms with Crippen LogP contribution in [0.4, 0.5) is 0 Å². The lowest BCUT2D eigenvalue weighted by atomic mass is 10.0. The van der Waals surface area contributed by atoms with E-state index in [2.05, 4.69) is 28.5 Å². The molecule has 0 aromatic heterocycles. The molecule has 0 bridgehead atoms. The van der Waals surface area contributed by atoms with Gasteiger partial charge in [-0.1, -0.05) is 36.4 Å². The topological polar surface area (TPSA) is 45.7 Å². The normalized spacial score (nSPS) is 10.6. The van der Waals surface area contributed by atoms with E-state index in [0.29, 0.717) is 18.3 Å². The van der Waals surface area contributed by atoms with Gasteiger partial charge in [-0.25, -0.2) is 0 Å². The minimum Gasteiger partial charge on any atom is -0.493 e. The zero-order valence-electron chi connectivity index (χ0n) is 12.5. The van der Waals surface area contributed by atoms with Gasteiger partial charge in [-0.2, -0.15) is 5.10 Å². The molecular formula is C17H19N3OS. The predicted molar refractivity (Wildman–Crippen MR) is 96.6 cm³/mol. The number of fused-ring (bicyclic) bond motifs is 1. The molecule has 0 heterocycles. The van der Waals surface area contributed by atoms with Crippen LogP contribution in [0, 0.1) is 0 Å². The van der Waals surface area contributed by atoms with Crippen LogP contribution in [0.25, 0.3) is 10.8 Å². The highest BCUT2D eigenvalue weighted by molar-refractivity contribution is 7.80. The van der Waals surface area contributed by atoms with E-state index >= 15 is 0 Å². The van der Waals surface area contributed by atoms with Crippen molar-refractivity contribution in [2.75, 3.05) is 13.2 Å². The minimum absolute atomic E-state index is 0.453. The maximum absolute atomic E-state index is 5.69. The van der Waals surface area contributed by atoms with E-state index in [1.54, 1.807) is 12.3 Å². The molecule has 0 amide bonds. The summed E-state index contributed by atoms with van der Waals surface area (Å²) in [5.74, 6) is 0.803. The Balaban J connectivity index is 2.25. The van der Waals surface area contributed by atoms with Crippen molar-refractivity contribution < 1.29 is 4.74 Å². The zero-order valence-corrected chi connectivity index (χ0v) is 13.3. The molecule has 5 heteroatoms. The Labute approximate surface area is 135 Å². The van der Waals surface area contributed by atoms with Gasteiger partial charge in [-0.05, 0) is 36.0 Å². The van der Waals surface area contributed by atoms with Crippen LogP contribution in [0.15, 0.2) is 54.2 Å². The number of nitrogens with one attached hydrogen (secondary N) is 2. The van der Waals surface area contributed by atoms with Gasteiger partial charge in [0.2, 0.25) is 0 Å². The van der Waals surface area contributed by atoms with Crippen LogP contribution in [-0.2, 0) is 0 Å². The summed E-state index contributed by atoms with van der Waals surface area (Å²) < 4.78 is 5.69. The number of rotatable bonds is 6. The van der Waals surface area contributed by atoms with E-state index < -0.39 is 0 Å². The maximum Gasteiger partial charge on any atom is 0.187 e. The number of nitrogens with zero attached hydrogens (tertiary/aromatic N) is 1. The third-order valence-corrected chi connectivity index (χ3v) is 3.23. The fourth-order valence-electron chi connectivity index (χ4n) is 2.05. The average molecular weight is 313 g/mol. The van der Waals surface area contributed by atoms with Crippen LogP contribution in [0.2, 0.25) is 0 Å². The molecule has 0 aliphatic rings. The van der Waals surface area contributed by atoms with Gasteiger partial charge in [0.05, 0.1) is 12.8 Å². The molecule has 0 saturated heterocycles. The van der Waals surface area contributed by atoms with Gasteiger partial charge in [0.15, 0.2) is 5.11 Å². The molecule has 2 aromatic rings. The summed E-state index contributed by atoms with van der Waals surface area (Å²) >= 11 is 5.10. The first kappa shape index (κ1) is 16.0. The van der Waals surface area contributed by atoms with E-state index in [1.807, 2.05) is 37.3 Å². The third-order valence-electron chi connectivity index (χ3n) is 3.00. The Morgan fingerprint density at radius 2 is 2.14 bits per heavy atom. The number of benzene rings is 2. The molecule has 0 spiro atoms. The van der Waals surface area contributed by atoms with Crippen molar-refractivity contribution in [1.82, 2.24) is 10.7 Å². The van der Waals surface area contributed by atoms with Gasteiger partial charge in [-0.15, -0.1) is 6.58 Å². The Morgan fingerprint density at radius 3 is 2.91 bits per heavy atom. The standard InChI is InChI=1S/C17H19N3OS/c1-3-11-18-17(22)20-19-12-15-14-8-6-5-7-13(14)9-10-16(15)21-4-2/h3,5-10,12H,1,4,11H2,2H3,(H2,18,20,22)/b19-12-. The van der Waals surface area contributed by atoms with Crippen LogP contribution in [-0.4, -0.2) is 24.5 Å². The quantitative estimate of drug-likeness (QED) is 0.372. The van der Waals surface area contributed by atoms with Crippen molar-refractivity contribution in [1.29, 1.82) is 0 Å². The van der Waals surface area contributed by atoms with Crippen LogP contribution < -0.4 is 15.5 Å². The van der Waals surface area contributed by atoms with Gasteiger partial charge in [-0.3, -0.25) is 5.43 Å². The first-order valence-corrected chi connectivity index (χ1v) is 7.49. The number of hydrogen-bond donors (Lipinski definition) is 2. The molecule has 0 saturated carbocycles. The van der Waals surface area contributed by atoms with Crippen molar-refractivity contribution in [2.45, 2.75) is 6.92 Å². The number of hydrazone groups is 1. The van der Waals surface area contributed by atoms with Gasteiger partial charge in [0.25, 0.3) is 0 Å². The van der Waals surface area contributed by atoms with Gasteiger partial charge < -0.3 is 10.1 Å². The molecule has 22 heavy (non-hydrogen) atoms. The predicted octanol–water partition coefficient (Wildman–Crippen LogP) is 3.22. The summed E-state index contributed by atoms with van der Waals surface area (Å²) in [6, 6.07) is 12.1. The Bertz CT molecular complexity index is 697. The highest BCUT2D eigenvalue weighted by Gasteiger charge is 2.06. The van der Waals surface area contributed by atoms with E-state index in [4.69, 9.17) is 17.0 Å². The second-order valence-electron chi connectivity index (χ2n) is 4.50. The molecule has 0 unspecified atom stereocenters. The van der Waals surface area contributed by atoms with Crippen molar-refractivity contribution >= 4 is 34.3 Å². The smallest absolute Gasteiger partial charge is 0.187 e.